The number of nitrogens with two attached hydrogens (primary N) is 1. The Labute approximate surface area is 102 Å². The lowest BCUT2D eigenvalue weighted by Gasteiger charge is -2.03. The quantitative estimate of drug-likeness (QED) is 0.504. The maximum absolute atomic E-state index is 5.21. The van der Waals surface area contributed by atoms with E-state index < -0.39 is 0 Å². The number of hydrazone groups is 1. The van der Waals surface area contributed by atoms with Crippen molar-refractivity contribution in [1.29, 1.82) is 0 Å². The number of methoxy groups -OCH3 is 1. The zero-order valence-electron chi connectivity index (χ0n) is 8.03. The van der Waals surface area contributed by atoms with E-state index in [1.165, 1.54) is 0 Å². The summed E-state index contributed by atoms with van der Waals surface area (Å²) in [6.45, 7) is 0. The normalized spacial score (nSPS) is 10.3. The van der Waals surface area contributed by atoms with Crippen LogP contribution in [0.2, 0.25) is 0 Å². The van der Waals surface area contributed by atoms with Crippen molar-refractivity contribution in [2.75, 3.05) is 7.11 Å². The number of rotatable bonds is 3. The summed E-state index contributed by atoms with van der Waals surface area (Å²) in [6, 6.07) is 5.59. The average molecular weight is 288 g/mol. The molecule has 6 heteroatoms. The van der Waals surface area contributed by atoms with Gasteiger partial charge in [0, 0.05) is 0 Å². The minimum atomic E-state index is 0.138. The summed E-state index contributed by atoms with van der Waals surface area (Å²) in [7, 11) is 1.61. The third-order valence-corrected chi connectivity index (χ3v) is 2.28. The zero-order valence-corrected chi connectivity index (χ0v) is 10.4. The first kappa shape index (κ1) is 11.9. The van der Waals surface area contributed by atoms with Gasteiger partial charge in [0.2, 0.25) is 0 Å². The largest absolute Gasteiger partial charge is 0.496 e. The summed E-state index contributed by atoms with van der Waals surface area (Å²) >= 11 is 7.97. The lowest BCUT2D eigenvalue weighted by molar-refractivity contribution is 0.412. The Kier molecular flexibility index (Phi) is 4.51. The number of ether oxygens (including phenoxy) is 1. The Bertz CT molecular complexity index is 395. The molecule has 4 nitrogen and oxygen atoms in total. The SMILES string of the molecule is COc1ccc(/C=N\NC(N)=S)cc1Br. The van der Waals surface area contributed by atoms with Gasteiger partial charge in [-0.15, -0.1) is 0 Å². The predicted molar refractivity (Wildman–Crippen MR) is 68.2 cm³/mol. The van der Waals surface area contributed by atoms with Gasteiger partial charge >= 0.3 is 0 Å². The molecule has 0 unspecified atom stereocenters. The van der Waals surface area contributed by atoms with Crippen LogP contribution in [-0.4, -0.2) is 18.4 Å². The molecule has 0 atom stereocenters. The van der Waals surface area contributed by atoms with Crippen LogP contribution < -0.4 is 15.9 Å². The fourth-order valence-corrected chi connectivity index (χ4v) is 1.54. The van der Waals surface area contributed by atoms with Crippen molar-refractivity contribution < 1.29 is 4.74 Å². The highest BCUT2D eigenvalue weighted by Crippen LogP contribution is 2.24. The summed E-state index contributed by atoms with van der Waals surface area (Å²) < 4.78 is 5.96. The molecule has 1 rings (SSSR count). The lowest BCUT2D eigenvalue weighted by atomic mass is 10.2. The maximum Gasteiger partial charge on any atom is 0.184 e. The van der Waals surface area contributed by atoms with Crippen molar-refractivity contribution in [2.45, 2.75) is 0 Å². The van der Waals surface area contributed by atoms with E-state index in [-0.39, 0.29) is 5.11 Å². The molecule has 3 N–H and O–H groups in total. The number of nitrogens with zero attached hydrogens (tertiary/aromatic N) is 1. The molecule has 0 aromatic heterocycles. The molecule has 0 aliphatic rings. The van der Waals surface area contributed by atoms with Gasteiger partial charge in [-0.3, -0.25) is 5.43 Å². The Hall–Kier alpha value is -1.14. The van der Waals surface area contributed by atoms with Crippen LogP contribution in [0.4, 0.5) is 0 Å². The van der Waals surface area contributed by atoms with Crippen LogP contribution in [0.3, 0.4) is 0 Å². The second-order valence-corrected chi connectivity index (χ2v) is 3.92. The number of hydrogen-bond acceptors (Lipinski definition) is 3. The highest BCUT2D eigenvalue weighted by molar-refractivity contribution is 9.10. The van der Waals surface area contributed by atoms with Crippen LogP contribution >= 0.6 is 28.1 Å². The second-order valence-electron chi connectivity index (χ2n) is 2.63. The smallest absolute Gasteiger partial charge is 0.184 e. The van der Waals surface area contributed by atoms with Crippen LogP contribution in [0.15, 0.2) is 27.8 Å². The Morgan fingerprint density at radius 2 is 2.40 bits per heavy atom. The van der Waals surface area contributed by atoms with E-state index in [9.17, 15) is 0 Å². The topological polar surface area (TPSA) is 59.6 Å². The molecule has 0 fully saturated rings. The first-order valence-corrected chi connectivity index (χ1v) is 5.25. The van der Waals surface area contributed by atoms with Crippen LogP contribution in [-0.2, 0) is 0 Å². The Morgan fingerprint density at radius 3 is 2.93 bits per heavy atom. The Morgan fingerprint density at radius 1 is 1.67 bits per heavy atom. The molecule has 0 saturated carbocycles. The van der Waals surface area contributed by atoms with E-state index in [0.717, 1.165) is 15.8 Å². The second kappa shape index (κ2) is 5.67. The van der Waals surface area contributed by atoms with Crippen LogP contribution in [0.25, 0.3) is 0 Å². The van der Waals surface area contributed by atoms with Gasteiger partial charge in [0.05, 0.1) is 17.8 Å². The summed E-state index contributed by atoms with van der Waals surface area (Å²) in [4.78, 5) is 0. The Balaban J connectivity index is 2.75. The molecule has 0 aliphatic heterocycles. The van der Waals surface area contributed by atoms with Gasteiger partial charge in [-0.05, 0) is 51.9 Å². The van der Waals surface area contributed by atoms with Crippen molar-refractivity contribution in [3.8, 4) is 5.75 Å². The number of hydrogen-bond donors (Lipinski definition) is 2. The van der Waals surface area contributed by atoms with Crippen molar-refractivity contribution in [3.05, 3.63) is 28.2 Å². The van der Waals surface area contributed by atoms with Gasteiger partial charge in [-0.1, -0.05) is 0 Å². The minimum absolute atomic E-state index is 0.138. The summed E-state index contributed by atoms with van der Waals surface area (Å²) in [5, 5.41) is 3.97. The van der Waals surface area contributed by atoms with E-state index >= 15 is 0 Å². The third-order valence-electron chi connectivity index (χ3n) is 1.56. The average Bonchev–Trinajstić information content (AvgIpc) is 2.17. The first-order valence-electron chi connectivity index (χ1n) is 4.05. The van der Waals surface area contributed by atoms with Crippen LogP contribution in [0, 0.1) is 0 Å². The predicted octanol–water partition coefficient (Wildman–Crippen LogP) is 1.62. The van der Waals surface area contributed by atoms with Gasteiger partial charge in [-0.25, -0.2) is 0 Å². The van der Waals surface area contributed by atoms with E-state index in [2.05, 4.69) is 38.7 Å². The van der Waals surface area contributed by atoms with Crippen molar-refractivity contribution in [1.82, 2.24) is 5.43 Å². The summed E-state index contributed by atoms with van der Waals surface area (Å²) in [5.41, 5.74) is 8.59. The van der Waals surface area contributed by atoms with E-state index in [1.807, 2.05) is 18.2 Å². The molecular formula is C9H10BrN3OS. The molecule has 80 valence electrons. The van der Waals surface area contributed by atoms with Crippen LogP contribution in [0.5, 0.6) is 5.75 Å². The minimum Gasteiger partial charge on any atom is -0.496 e. The molecule has 0 aliphatic carbocycles. The highest BCUT2D eigenvalue weighted by Gasteiger charge is 1.99. The summed E-state index contributed by atoms with van der Waals surface area (Å²) in [6.07, 6.45) is 1.61. The molecule has 0 spiro atoms. The van der Waals surface area contributed by atoms with Gasteiger partial charge in [-0.2, -0.15) is 5.10 Å². The number of halogens is 1. The van der Waals surface area contributed by atoms with Crippen molar-refractivity contribution >= 4 is 39.5 Å². The zero-order chi connectivity index (χ0) is 11.3. The fraction of sp³-hybridized carbons (Fsp3) is 0.111. The van der Waals surface area contributed by atoms with Gasteiger partial charge in [0.1, 0.15) is 5.75 Å². The van der Waals surface area contributed by atoms with E-state index in [0.29, 0.717) is 0 Å². The number of nitrogens with one attached hydrogen (secondary N) is 1. The number of thiocarbonyl (C=S) groups is 1. The molecule has 1 aromatic carbocycles. The van der Waals surface area contributed by atoms with E-state index in [1.54, 1.807) is 13.3 Å². The van der Waals surface area contributed by atoms with Gasteiger partial charge in [0.25, 0.3) is 0 Å². The molecule has 0 radical (unpaired) electrons. The van der Waals surface area contributed by atoms with Gasteiger partial charge < -0.3 is 10.5 Å². The molecular weight excluding hydrogens is 278 g/mol. The monoisotopic (exact) mass is 287 g/mol. The third kappa shape index (κ3) is 3.85. The molecule has 0 heterocycles. The van der Waals surface area contributed by atoms with Crippen molar-refractivity contribution in [2.24, 2.45) is 10.8 Å². The van der Waals surface area contributed by atoms with Crippen molar-refractivity contribution in [3.63, 3.8) is 0 Å². The maximum atomic E-state index is 5.21. The molecule has 0 saturated heterocycles. The van der Waals surface area contributed by atoms with Crippen LogP contribution in [0.1, 0.15) is 5.56 Å². The summed E-state index contributed by atoms with van der Waals surface area (Å²) in [5.74, 6) is 0.773. The molecule has 0 bridgehead atoms. The standard InChI is InChI=1S/C9H10BrN3OS/c1-14-8-3-2-6(4-7(8)10)5-12-13-9(11)15/h2-5H,1H3,(H3,11,13,15)/b12-5-. The van der Waals surface area contributed by atoms with E-state index in [4.69, 9.17) is 10.5 Å². The van der Waals surface area contributed by atoms with Gasteiger partial charge in [0.15, 0.2) is 5.11 Å². The fourth-order valence-electron chi connectivity index (χ4n) is 0.933. The highest BCUT2D eigenvalue weighted by atomic mass is 79.9. The lowest BCUT2D eigenvalue weighted by Crippen LogP contribution is -2.23. The molecule has 0 amide bonds. The molecule has 1 aromatic rings. The number of benzene rings is 1. The first-order chi connectivity index (χ1) is 7.13. The molecule has 15 heavy (non-hydrogen) atoms.